The number of hydrogen-bond donors (Lipinski definition) is 1. The van der Waals surface area contributed by atoms with Crippen LogP contribution in [0, 0.1) is 5.92 Å². The molecule has 1 aromatic heterocycles. The summed E-state index contributed by atoms with van der Waals surface area (Å²) in [6.07, 6.45) is 2.73. The van der Waals surface area contributed by atoms with Gasteiger partial charge in [0.1, 0.15) is 6.33 Å². The summed E-state index contributed by atoms with van der Waals surface area (Å²) in [4.78, 5) is 10.8. The Labute approximate surface area is 110 Å². The molecule has 0 saturated carbocycles. The summed E-state index contributed by atoms with van der Waals surface area (Å²) in [7, 11) is 3.49. The number of nitrogens with one attached hydrogen (secondary N) is 1. The highest BCUT2D eigenvalue weighted by molar-refractivity contribution is 5.64. The first kappa shape index (κ1) is 14.5. The molecule has 0 aliphatic carbocycles. The lowest BCUT2D eigenvalue weighted by atomic mass is 10.1. The fourth-order valence-electron chi connectivity index (χ4n) is 1.83. The maximum atomic E-state index is 5.44. The Morgan fingerprint density at radius 1 is 1.39 bits per heavy atom. The summed E-state index contributed by atoms with van der Waals surface area (Å²) in [6, 6.07) is 0. The lowest BCUT2D eigenvalue weighted by molar-refractivity contribution is 0.410. The summed E-state index contributed by atoms with van der Waals surface area (Å²) < 4.78 is 5.44. The van der Waals surface area contributed by atoms with Gasteiger partial charge in [-0.25, -0.2) is 9.97 Å². The number of rotatable bonds is 7. The lowest BCUT2D eigenvalue weighted by Crippen LogP contribution is -2.29. The second-order valence-corrected chi connectivity index (χ2v) is 4.38. The van der Waals surface area contributed by atoms with Crippen molar-refractivity contribution in [2.45, 2.75) is 27.2 Å². The van der Waals surface area contributed by atoms with Crippen molar-refractivity contribution in [1.29, 1.82) is 0 Å². The van der Waals surface area contributed by atoms with Crippen molar-refractivity contribution >= 4 is 11.6 Å². The van der Waals surface area contributed by atoms with Crippen molar-refractivity contribution in [3.8, 4) is 5.75 Å². The fraction of sp³-hybridized carbons (Fsp3) is 0.692. The highest BCUT2D eigenvalue weighted by Crippen LogP contribution is 2.31. The quantitative estimate of drug-likeness (QED) is 0.807. The van der Waals surface area contributed by atoms with Crippen LogP contribution in [0.2, 0.25) is 0 Å². The molecule has 1 aromatic rings. The molecule has 5 nitrogen and oxygen atoms in total. The van der Waals surface area contributed by atoms with E-state index < -0.39 is 0 Å². The Balaban J connectivity index is 3.04. The number of ether oxygens (including phenoxy) is 1. The van der Waals surface area contributed by atoms with Gasteiger partial charge in [-0.15, -0.1) is 0 Å². The first-order valence-electron chi connectivity index (χ1n) is 6.49. The van der Waals surface area contributed by atoms with Crippen LogP contribution < -0.4 is 15.0 Å². The maximum absolute atomic E-state index is 5.44. The minimum absolute atomic E-state index is 0.627. The van der Waals surface area contributed by atoms with Gasteiger partial charge in [0.25, 0.3) is 0 Å². The highest BCUT2D eigenvalue weighted by atomic mass is 16.5. The number of hydrogen-bond acceptors (Lipinski definition) is 5. The van der Waals surface area contributed by atoms with Gasteiger partial charge in [-0.1, -0.05) is 20.3 Å². The van der Waals surface area contributed by atoms with Crippen LogP contribution in [-0.2, 0) is 0 Å². The van der Waals surface area contributed by atoms with Crippen molar-refractivity contribution in [2.75, 3.05) is 37.5 Å². The zero-order valence-electron chi connectivity index (χ0n) is 12.0. The van der Waals surface area contributed by atoms with Crippen molar-refractivity contribution < 1.29 is 4.74 Å². The molecule has 0 spiro atoms. The fourth-order valence-corrected chi connectivity index (χ4v) is 1.83. The number of methoxy groups -OCH3 is 1. The molecule has 1 unspecified atom stereocenters. The van der Waals surface area contributed by atoms with E-state index in [0.29, 0.717) is 11.7 Å². The SMILES string of the molecule is CCC(C)CN(CC)c1ncnc(NC)c1OC. The highest BCUT2D eigenvalue weighted by Gasteiger charge is 2.17. The van der Waals surface area contributed by atoms with Gasteiger partial charge in [-0.2, -0.15) is 0 Å². The Hall–Kier alpha value is -1.52. The Bertz CT molecular complexity index is 370. The van der Waals surface area contributed by atoms with Gasteiger partial charge >= 0.3 is 0 Å². The first-order chi connectivity index (χ1) is 8.67. The van der Waals surface area contributed by atoms with E-state index in [1.807, 2.05) is 7.05 Å². The largest absolute Gasteiger partial charge is 0.490 e. The second kappa shape index (κ2) is 7.03. The number of nitrogens with zero attached hydrogens (tertiary/aromatic N) is 3. The number of aromatic nitrogens is 2. The van der Waals surface area contributed by atoms with E-state index in [1.165, 1.54) is 0 Å². The van der Waals surface area contributed by atoms with E-state index >= 15 is 0 Å². The van der Waals surface area contributed by atoms with E-state index in [0.717, 1.165) is 31.1 Å². The third kappa shape index (κ3) is 3.24. The molecule has 0 fully saturated rings. The van der Waals surface area contributed by atoms with Gasteiger partial charge in [-0.05, 0) is 12.8 Å². The second-order valence-electron chi connectivity index (χ2n) is 4.38. The molecule has 0 aliphatic rings. The zero-order chi connectivity index (χ0) is 13.5. The molecule has 1 rings (SSSR count). The van der Waals surface area contributed by atoms with Gasteiger partial charge in [0.15, 0.2) is 11.6 Å². The third-order valence-electron chi connectivity index (χ3n) is 3.14. The number of anilines is 2. The standard InChI is InChI=1S/C13H24N4O/c1-6-10(3)8-17(7-2)13-11(18-5)12(14-4)15-9-16-13/h9-10H,6-8H2,1-5H3,(H,14,15,16). The summed E-state index contributed by atoms with van der Waals surface area (Å²) in [5, 5.41) is 3.03. The lowest BCUT2D eigenvalue weighted by Gasteiger charge is -2.26. The summed E-state index contributed by atoms with van der Waals surface area (Å²) in [6.45, 7) is 8.46. The smallest absolute Gasteiger partial charge is 0.204 e. The predicted octanol–water partition coefficient (Wildman–Crippen LogP) is 2.40. The van der Waals surface area contributed by atoms with E-state index in [-0.39, 0.29) is 0 Å². The first-order valence-corrected chi connectivity index (χ1v) is 6.49. The molecule has 0 amide bonds. The van der Waals surface area contributed by atoms with E-state index in [2.05, 4.69) is 41.0 Å². The monoisotopic (exact) mass is 252 g/mol. The zero-order valence-corrected chi connectivity index (χ0v) is 12.0. The van der Waals surface area contributed by atoms with Crippen LogP contribution in [0.25, 0.3) is 0 Å². The van der Waals surface area contributed by atoms with Gasteiger partial charge in [0.2, 0.25) is 5.75 Å². The molecule has 102 valence electrons. The predicted molar refractivity (Wildman–Crippen MR) is 75.5 cm³/mol. The summed E-state index contributed by atoms with van der Waals surface area (Å²) >= 11 is 0. The van der Waals surface area contributed by atoms with Crippen LogP contribution in [0.1, 0.15) is 27.2 Å². The van der Waals surface area contributed by atoms with Crippen LogP contribution in [0.15, 0.2) is 6.33 Å². The molecular weight excluding hydrogens is 228 g/mol. The molecule has 1 atom stereocenters. The topological polar surface area (TPSA) is 50.3 Å². The van der Waals surface area contributed by atoms with E-state index in [9.17, 15) is 0 Å². The minimum Gasteiger partial charge on any atom is -0.490 e. The summed E-state index contributed by atoms with van der Waals surface area (Å²) in [5.41, 5.74) is 0. The third-order valence-corrected chi connectivity index (χ3v) is 3.14. The molecule has 0 bridgehead atoms. The summed E-state index contributed by atoms with van der Waals surface area (Å²) in [5.74, 6) is 2.93. The van der Waals surface area contributed by atoms with Gasteiger partial charge < -0.3 is 15.0 Å². The van der Waals surface area contributed by atoms with E-state index in [1.54, 1.807) is 13.4 Å². The maximum Gasteiger partial charge on any atom is 0.204 e. The molecule has 5 heteroatoms. The normalized spacial score (nSPS) is 12.1. The molecule has 0 saturated heterocycles. The van der Waals surface area contributed by atoms with Crippen LogP contribution in [-0.4, -0.2) is 37.2 Å². The van der Waals surface area contributed by atoms with Crippen LogP contribution in [0.4, 0.5) is 11.6 Å². The van der Waals surface area contributed by atoms with Crippen molar-refractivity contribution in [1.82, 2.24) is 9.97 Å². The van der Waals surface area contributed by atoms with E-state index in [4.69, 9.17) is 4.74 Å². The van der Waals surface area contributed by atoms with Crippen molar-refractivity contribution in [3.63, 3.8) is 0 Å². The average Bonchev–Trinajstić information content (AvgIpc) is 2.43. The Morgan fingerprint density at radius 2 is 2.11 bits per heavy atom. The van der Waals surface area contributed by atoms with Gasteiger partial charge in [-0.3, -0.25) is 0 Å². The van der Waals surface area contributed by atoms with Crippen molar-refractivity contribution in [3.05, 3.63) is 6.33 Å². The van der Waals surface area contributed by atoms with Crippen LogP contribution in [0.3, 0.4) is 0 Å². The van der Waals surface area contributed by atoms with Crippen molar-refractivity contribution in [2.24, 2.45) is 5.92 Å². The van der Waals surface area contributed by atoms with Crippen LogP contribution in [0.5, 0.6) is 5.75 Å². The van der Waals surface area contributed by atoms with Gasteiger partial charge in [0, 0.05) is 20.1 Å². The minimum atomic E-state index is 0.627. The molecule has 1 heterocycles. The Kier molecular flexibility index (Phi) is 5.68. The molecule has 1 N–H and O–H groups in total. The molecular formula is C13H24N4O. The average molecular weight is 252 g/mol. The van der Waals surface area contributed by atoms with Gasteiger partial charge in [0.05, 0.1) is 7.11 Å². The molecule has 0 aliphatic heterocycles. The Morgan fingerprint density at radius 3 is 2.61 bits per heavy atom. The molecule has 0 aromatic carbocycles. The van der Waals surface area contributed by atoms with Crippen LogP contribution >= 0.6 is 0 Å². The molecule has 18 heavy (non-hydrogen) atoms. The molecule has 0 radical (unpaired) electrons.